The van der Waals surface area contributed by atoms with Gasteiger partial charge in [0, 0.05) is 12.4 Å². The zero-order chi connectivity index (χ0) is 9.26. The van der Waals surface area contributed by atoms with Gasteiger partial charge in [-0.05, 0) is 12.1 Å². The third-order valence-corrected chi connectivity index (χ3v) is 1.84. The molecular weight excluding hydrogens is 188 g/mol. The van der Waals surface area contributed by atoms with Crippen molar-refractivity contribution in [1.29, 1.82) is 0 Å². The molecule has 0 amide bonds. The highest BCUT2D eigenvalue weighted by atomic mass is 35.5. The van der Waals surface area contributed by atoms with Crippen molar-refractivity contribution in [2.45, 2.75) is 0 Å². The summed E-state index contributed by atoms with van der Waals surface area (Å²) in [5, 5.41) is 4.50. The molecule has 0 spiro atoms. The highest BCUT2D eigenvalue weighted by Gasteiger charge is 2.03. The molecule has 0 fully saturated rings. The summed E-state index contributed by atoms with van der Waals surface area (Å²) in [4.78, 5) is 4.06. The minimum absolute atomic E-state index is 0.490. The molecule has 2 aromatic rings. The van der Waals surface area contributed by atoms with Gasteiger partial charge < -0.3 is 5.73 Å². The summed E-state index contributed by atoms with van der Waals surface area (Å²) in [5.41, 5.74) is 6.05. The maximum Gasteiger partial charge on any atom is 0.172 e. The van der Waals surface area contributed by atoms with Crippen LogP contribution >= 0.6 is 11.6 Å². The second-order valence-corrected chi connectivity index (χ2v) is 2.93. The summed E-state index contributed by atoms with van der Waals surface area (Å²) in [6, 6.07) is 3.44. The number of nitrogens with zero attached hydrogens (tertiary/aromatic N) is 3. The van der Waals surface area contributed by atoms with Crippen molar-refractivity contribution in [3.05, 3.63) is 35.7 Å². The number of aromatic nitrogens is 3. The normalized spacial score (nSPS) is 10.2. The van der Waals surface area contributed by atoms with Crippen LogP contribution in [0.1, 0.15) is 0 Å². The van der Waals surface area contributed by atoms with Gasteiger partial charge in [-0.25, -0.2) is 9.67 Å². The molecule has 2 heterocycles. The van der Waals surface area contributed by atoms with Crippen LogP contribution in [-0.4, -0.2) is 14.8 Å². The van der Waals surface area contributed by atoms with Gasteiger partial charge in [0.25, 0.3) is 0 Å². The summed E-state index contributed by atoms with van der Waals surface area (Å²) in [5.74, 6) is 0.584. The van der Waals surface area contributed by atoms with Crippen LogP contribution in [0.2, 0.25) is 5.02 Å². The monoisotopic (exact) mass is 194 g/mol. The molecule has 2 rings (SSSR count). The largest absolute Gasteiger partial charge is 0.397 e. The molecule has 0 aromatic carbocycles. The minimum Gasteiger partial charge on any atom is -0.397 e. The first-order valence-electron chi connectivity index (χ1n) is 3.68. The van der Waals surface area contributed by atoms with Crippen LogP contribution in [0.15, 0.2) is 30.7 Å². The lowest BCUT2D eigenvalue weighted by atomic mass is 10.4. The van der Waals surface area contributed by atoms with Crippen LogP contribution in [0, 0.1) is 0 Å². The van der Waals surface area contributed by atoms with Crippen LogP contribution in [0.25, 0.3) is 5.82 Å². The van der Waals surface area contributed by atoms with E-state index < -0.39 is 0 Å². The number of pyridine rings is 1. The van der Waals surface area contributed by atoms with Gasteiger partial charge in [-0.2, -0.15) is 5.10 Å². The molecule has 13 heavy (non-hydrogen) atoms. The fourth-order valence-electron chi connectivity index (χ4n) is 1.01. The first-order valence-corrected chi connectivity index (χ1v) is 4.06. The van der Waals surface area contributed by atoms with Gasteiger partial charge in [0.1, 0.15) is 0 Å². The average molecular weight is 195 g/mol. The van der Waals surface area contributed by atoms with E-state index in [1.54, 1.807) is 35.4 Å². The van der Waals surface area contributed by atoms with Gasteiger partial charge in [0.05, 0.1) is 16.9 Å². The van der Waals surface area contributed by atoms with Crippen LogP contribution in [0.3, 0.4) is 0 Å². The predicted octanol–water partition coefficient (Wildman–Crippen LogP) is 1.50. The fraction of sp³-hybridized carbons (Fsp3) is 0. The maximum atomic E-state index is 5.92. The van der Waals surface area contributed by atoms with Crippen LogP contribution < -0.4 is 5.73 Å². The zero-order valence-electron chi connectivity index (χ0n) is 6.68. The van der Waals surface area contributed by atoms with Crippen molar-refractivity contribution >= 4 is 17.3 Å². The van der Waals surface area contributed by atoms with E-state index >= 15 is 0 Å². The average Bonchev–Trinajstić information content (AvgIpc) is 2.56. The molecule has 0 aliphatic carbocycles. The second-order valence-electron chi connectivity index (χ2n) is 2.52. The van der Waals surface area contributed by atoms with Gasteiger partial charge >= 0.3 is 0 Å². The van der Waals surface area contributed by atoms with Crippen molar-refractivity contribution < 1.29 is 0 Å². The van der Waals surface area contributed by atoms with Crippen LogP contribution in [0.4, 0.5) is 5.69 Å². The lowest BCUT2D eigenvalue weighted by Gasteiger charge is -2.02. The third kappa shape index (κ3) is 1.48. The Hall–Kier alpha value is -1.55. The van der Waals surface area contributed by atoms with Crippen molar-refractivity contribution in [3.8, 4) is 5.82 Å². The van der Waals surface area contributed by atoms with Crippen molar-refractivity contribution in [3.63, 3.8) is 0 Å². The van der Waals surface area contributed by atoms with Crippen molar-refractivity contribution in [2.24, 2.45) is 0 Å². The molecule has 2 N–H and O–H groups in total. The third-order valence-electron chi connectivity index (χ3n) is 1.56. The van der Waals surface area contributed by atoms with Gasteiger partial charge in [-0.15, -0.1) is 0 Å². The first-order chi connectivity index (χ1) is 6.27. The number of rotatable bonds is 1. The van der Waals surface area contributed by atoms with E-state index in [1.165, 1.54) is 0 Å². The van der Waals surface area contributed by atoms with Crippen LogP contribution in [-0.2, 0) is 0 Å². The highest BCUT2D eigenvalue weighted by molar-refractivity contribution is 6.32. The van der Waals surface area contributed by atoms with E-state index in [-0.39, 0.29) is 0 Å². The van der Waals surface area contributed by atoms with Gasteiger partial charge in [0.2, 0.25) is 0 Å². The Morgan fingerprint density at radius 3 is 2.92 bits per heavy atom. The Kier molecular flexibility index (Phi) is 1.90. The summed E-state index contributed by atoms with van der Waals surface area (Å²) >= 11 is 5.92. The van der Waals surface area contributed by atoms with Crippen molar-refractivity contribution in [2.75, 3.05) is 5.73 Å². The Morgan fingerprint density at radius 2 is 2.31 bits per heavy atom. The van der Waals surface area contributed by atoms with Crippen molar-refractivity contribution in [1.82, 2.24) is 14.8 Å². The zero-order valence-corrected chi connectivity index (χ0v) is 7.44. The van der Waals surface area contributed by atoms with E-state index in [2.05, 4.69) is 10.1 Å². The van der Waals surface area contributed by atoms with Crippen LogP contribution in [0.5, 0.6) is 0 Å². The number of nitrogens with two attached hydrogens (primary N) is 1. The molecule has 5 heteroatoms. The Morgan fingerprint density at radius 1 is 1.46 bits per heavy atom. The summed E-state index contributed by atoms with van der Waals surface area (Å²) < 4.78 is 1.59. The van der Waals surface area contributed by atoms with E-state index in [4.69, 9.17) is 17.3 Å². The molecule has 0 saturated carbocycles. The molecule has 0 aliphatic heterocycles. The minimum atomic E-state index is 0.490. The standard InChI is InChI=1S/C8H7ClN4/c9-7-4-6(10)5-11-8(7)13-3-1-2-12-13/h1-5H,10H2. The Balaban J connectivity index is 2.53. The van der Waals surface area contributed by atoms with E-state index in [1.807, 2.05) is 0 Å². The van der Waals surface area contributed by atoms with E-state index in [9.17, 15) is 0 Å². The number of nitrogen functional groups attached to an aromatic ring is 1. The lowest BCUT2D eigenvalue weighted by molar-refractivity contribution is 0.848. The smallest absolute Gasteiger partial charge is 0.172 e. The highest BCUT2D eigenvalue weighted by Crippen LogP contribution is 2.18. The van der Waals surface area contributed by atoms with Gasteiger partial charge in [0.15, 0.2) is 5.82 Å². The molecule has 0 atom stereocenters. The summed E-state index contributed by atoms with van der Waals surface area (Å²) in [6.45, 7) is 0. The maximum absolute atomic E-state index is 5.92. The lowest BCUT2D eigenvalue weighted by Crippen LogP contribution is -1.99. The first kappa shape index (κ1) is 8.07. The van der Waals surface area contributed by atoms with Gasteiger partial charge in [-0.1, -0.05) is 11.6 Å². The molecule has 2 aromatic heterocycles. The predicted molar refractivity (Wildman–Crippen MR) is 50.8 cm³/mol. The molecule has 0 bridgehead atoms. The molecule has 66 valence electrons. The number of halogens is 1. The molecule has 0 radical (unpaired) electrons. The second kappa shape index (κ2) is 3.06. The molecule has 0 unspecified atom stereocenters. The number of hydrogen-bond acceptors (Lipinski definition) is 3. The Bertz CT molecular complexity index is 410. The molecule has 0 saturated heterocycles. The topological polar surface area (TPSA) is 56.7 Å². The fourth-order valence-corrected chi connectivity index (χ4v) is 1.27. The summed E-state index contributed by atoms with van der Waals surface area (Å²) in [7, 11) is 0. The molecule has 0 aliphatic rings. The number of anilines is 1. The van der Waals surface area contributed by atoms with E-state index in [0.29, 0.717) is 16.5 Å². The Labute approximate surface area is 80.0 Å². The molecule has 4 nitrogen and oxygen atoms in total. The SMILES string of the molecule is Nc1cnc(-n2cccn2)c(Cl)c1. The quantitative estimate of drug-likeness (QED) is 0.749. The molecular formula is C8H7ClN4. The summed E-state index contributed by atoms with van der Waals surface area (Å²) in [6.07, 6.45) is 4.97. The number of hydrogen-bond donors (Lipinski definition) is 1. The van der Waals surface area contributed by atoms with E-state index in [0.717, 1.165) is 0 Å². The van der Waals surface area contributed by atoms with Gasteiger partial charge in [-0.3, -0.25) is 0 Å².